The molecule has 1 aliphatic carbocycles. The van der Waals surface area contributed by atoms with Crippen LogP contribution in [-0.4, -0.2) is 19.6 Å². The SMILES string of the molecule is FC(F)(F)c1ccccc1CNCC1C2CNCC12. The van der Waals surface area contributed by atoms with Crippen LogP contribution in [-0.2, 0) is 12.7 Å². The number of rotatable bonds is 4. The molecule has 0 spiro atoms. The number of hydrogen-bond donors (Lipinski definition) is 2. The molecule has 2 atom stereocenters. The molecule has 0 amide bonds. The molecule has 19 heavy (non-hydrogen) atoms. The van der Waals surface area contributed by atoms with Crippen LogP contribution in [0.15, 0.2) is 24.3 Å². The summed E-state index contributed by atoms with van der Waals surface area (Å²) in [5, 5.41) is 6.49. The maximum absolute atomic E-state index is 12.8. The van der Waals surface area contributed by atoms with Crippen molar-refractivity contribution in [2.24, 2.45) is 17.8 Å². The molecule has 1 saturated heterocycles. The number of piperidine rings is 1. The van der Waals surface area contributed by atoms with Gasteiger partial charge in [-0.15, -0.1) is 0 Å². The van der Waals surface area contributed by atoms with E-state index in [0.717, 1.165) is 37.5 Å². The van der Waals surface area contributed by atoms with Gasteiger partial charge in [0.15, 0.2) is 0 Å². The minimum Gasteiger partial charge on any atom is -0.316 e. The second kappa shape index (κ2) is 4.80. The van der Waals surface area contributed by atoms with Crippen LogP contribution in [0.5, 0.6) is 0 Å². The third-order valence-electron chi connectivity index (χ3n) is 4.29. The van der Waals surface area contributed by atoms with E-state index in [9.17, 15) is 13.2 Å². The van der Waals surface area contributed by atoms with E-state index in [0.29, 0.717) is 18.0 Å². The van der Waals surface area contributed by atoms with Crippen molar-refractivity contribution in [1.29, 1.82) is 0 Å². The molecule has 5 heteroatoms. The van der Waals surface area contributed by atoms with Crippen molar-refractivity contribution >= 4 is 0 Å². The second-order valence-corrected chi connectivity index (χ2v) is 5.44. The predicted octanol–water partition coefficient (Wildman–Crippen LogP) is 2.26. The fourth-order valence-electron chi connectivity index (χ4n) is 3.17. The minimum absolute atomic E-state index is 0.291. The molecular formula is C14H17F3N2. The van der Waals surface area contributed by atoms with Crippen LogP contribution < -0.4 is 10.6 Å². The van der Waals surface area contributed by atoms with Crippen molar-refractivity contribution < 1.29 is 13.2 Å². The fourth-order valence-corrected chi connectivity index (χ4v) is 3.17. The van der Waals surface area contributed by atoms with Crippen molar-refractivity contribution in [2.75, 3.05) is 19.6 Å². The van der Waals surface area contributed by atoms with Gasteiger partial charge in [0.25, 0.3) is 0 Å². The molecule has 2 unspecified atom stereocenters. The molecule has 2 fully saturated rings. The van der Waals surface area contributed by atoms with E-state index in [1.807, 2.05) is 0 Å². The van der Waals surface area contributed by atoms with Gasteiger partial charge in [-0.3, -0.25) is 0 Å². The molecule has 3 rings (SSSR count). The summed E-state index contributed by atoms with van der Waals surface area (Å²) >= 11 is 0. The lowest BCUT2D eigenvalue weighted by atomic mass is 10.1. The van der Waals surface area contributed by atoms with E-state index in [1.54, 1.807) is 12.1 Å². The number of halogens is 3. The van der Waals surface area contributed by atoms with E-state index in [1.165, 1.54) is 6.07 Å². The highest BCUT2D eigenvalue weighted by Crippen LogP contribution is 2.48. The Hall–Kier alpha value is -1.07. The van der Waals surface area contributed by atoms with Crippen molar-refractivity contribution in [3.8, 4) is 0 Å². The average molecular weight is 270 g/mol. The summed E-state index contributed by atoms with van der Waals surface area (Å²) in [4.78, 5) is 0. The molecule has 0 aromatic heterocycles. The summed E-state index contributed by atoms with van der Waals surface area (Å²) in [7, 11) is 0. The highest BCUT2D eigenvalue weighted by Gasteiger charge is 2.51. The molecule has 1 aromatic rings. The predicted molar refractivity (Wildman–Crippen MR) is 66.5 cm³/mol. The lowest BCUT2D eigenvalue weighted by molar-refractivity contribution is -0.138. The minimum atomic E-state index is -4.27. The topological polar surface area (TPSA) is 24.1 Å². The summed E-state index contributed by atoms with van der Waals surface area (Å²) in [6, 6.07) is 5.78. The molecule has 0 bridgehead atoms. The number of nitrogens with one attached hydrogen (secondary N) is 2. The third kappa shape index (κ3) is 2.62. The van der Waals surface area contributed by atoms with Crippen LogP contribution in [0.1, 0.15) is 11.1 Å². The van der Waals surface area contributed by atoms with Crippen LogP contribution in [0.25, 0.3) is 0 Å². The lowest BCUT2D eigenvalue weighted by Gasteiger charge is -2.13. The summed E-state index contributed by atoms with van der Waals surface area (Å²) in [5.41, 5.74) is -0.195. The van der Waals surface area contributed by atoms with Gasteiger partial charge in [-0.1, -0.05) is 18.2 Å². The highest BCUT2D eigenvalue weighted by atomic mass is 19.4. The molecule has 104 valence electrons. The van der Waals surface area contributed by atoms with Gasteiger partial charge < -0.3 is 10.6 Å². The first-order chi connectivity index (χ1) is 9.07. The molecule has 1 saturated carbocycles. The Labute approximate surface area is 110 Å². The van der Waals surface area contributed by atoms with E-state index < -0.39 is 11.7 Å². The van der Waals surface area contributed by atoms with E-state index >= 15 is 0 Å². The molecule has 2 nitrogen and oxygen atoms in total. The van der Waals surface area contributed by atoms with Crippen molar-refractivity contribution in [3.05, 3.63) is 35.4 Å². The van der Waals surface area contributed by atoms with Crippen molar-refractivity contribution in [3.63, 3.8) is 0 Å². The smallest absolute Gasteiger partial charge is 0.316 e. The Morgan fingerprint density at radius 1 is 1.16 bits per heavy atom. The van der Waals surface area contributed by atoms with Gasteiger partial charge in [0.05, 0.1) is 5.56 Å². The van der Waals surface area contributed by atoms with Gasteiger partial charge in [0.1, 0.15) is 0 Å². The number of alkyl halides is 3. The zero-order chi connectivity index (χ0) is 13.5. The molecule has 2 aliphatic rings. The summed E-state index contributed by atoms with van der Waals surface area (Å²) in [6.45, 7) is 3.24. The lowest BCUT2D eigenvalue weighted by Crippen LogP contribution is -2.24. The molecule has 2 N–H and O–H groups in total. The molecule has 1 heterocycles. The van der Waals surface area contributed by atoms with Gasteiger partial charge in [-0.25, -0.2) is 0 Å². The Morgan fingerprint density at radius 2 is 1.84 bits per heavy atom. The Kier molecular flexibility index (Phi) is 3.27. The van der Waals surface area contributed by atoms with Crippen molar-refractivity contribution in [2.45, 2.75) is 12.7 Å². The van der Waals surface area contributed by atoms with Crippen molar-refractivity contribution in [1.82, 2.24) is 10.6 Å². The molecule has 0 radical (unpaired) electrons. The van der Waals surface area contributed by atoms with Crippen LogP contribution in [0.2, 0.25) is 0 Å². The first-order valence-corrected chi connectivity index (χ1v) is 6.64. The zero-order valence-corrected chi connectivity index (χ0v) is 10.5. The summed E-state index contributed by atoms with van der Waals surface area (Å²) in [5.74, 6) is 2.13. The van der Waals surface area contributed by atoms with Gasteiger partial charge in [-0.05, 0) is 49.0 Å². The Morgan fingerprint density at radius 3 is 2.53 bits per heavy atom. The van der Waals surface area contributed by atoms with Crippen LogP contribution >= 0.6 is 0 Å². The molecule has 1 aliphatic heterocycles. The fraction of sp³-hybridized carbons (Fsp3) is 0.571. The van der Waals surface area contributed by atoms with E-state index in [-0.39, 0.29) is 0 Å². The summed E-state index contributed by atoms with van der Waals surface area (Å²) in [6.07, 6.45) is -4.27. The molecular weight excluding hydrogens is 253 g/mol. The number of fused-ring (bicyclic) bond motifs is 1. The monoisotopic (exact) mass is 270 g/mol. The summed E-state index contributed by atoms with van der Waals surface area (Å²) < 4.78 is 38.4. The third-order valence-corrected chi connectivity index (χ3v) is 4.29. The van der Waals surface area contributed by atoms with E-state index in [4.69, 9.17) is 0 Å². The standard InChI is InChI=1S/C14H17F3N2/c15-14(16,17)13-4-2-1-3-9(13)5-18-6-10-11-7-19-8-12(10)11/h1-4,10-12,18-19H,5-8H2. The van der Waals surface area contributed by atoms with Gasteiger partial charge >= 0.3 is 6.18 Å². The number of benzene rings is 1. The maximum atomic E-state index is 12.8. The molecule has 1 aromatic carbocycles. The van der Waals surface area contributed by atoms with Crippen LogP contribution in [0.3, 0.4) is 0 Å². The second-order valence-electron chi connectivity index (χ2n) is 5.44. The normalized spacial score (nSPS) is 29.3. The van der Waals surface area contributed by atoms with Gasteiger partial charge in [0, 0.05) is 6.54 Å². The van der Waals surface area contributed by atoms with Gasteiger partial charge in [0.2, 0.25) is 0 Å². The number of hydrogen-bond acceptors (Lipinski definition) is 2. The Bertz CT molecular complexity index is 448. The van der Waals surface area contributed by atoms with Gasteiger partial charge in [-0.2, -0.15) is 13.2 Å². The quantitative estimate of drug-likeness (QED) is 0.877. The first-order valence-electron chi connectivity index (χ1n) is 6.64. The maximum Gasteiger partial charge on any atom is 0.416 e. The average Bonchev–Trinajstić information content (AvgIpc) is 2.82. The van der Waals surface area contributed by atoms with E-state index in [2.05, 4.69) is 10.6 Å². The van der Waals surface area contributed by atoms with Crippen LogP contribution in [0.4, 0.5) is 13.2 Å². The highest BCUT2D eigenvalue weighted by molar-refractivity contribution is 5.29. The zero-order valence-electron chi connectivity index (χ0n) is 10.5. The first kappa shape index (κ1) is 12.9. The van der Waals surface area contributed by atoms with Crippen LogP contribution in [0, 0.1) is 17.8 Å². The Balaban J connectivity index is 1.55. The largest absolute Gasteiger partial charge is 0.416 e.